The number of aliphatic hydroxyl groups excluding tert-OH is 1. The third kappa shape index (κ3) is 2.53. The first-order valence-electron chi connectivity index (χ1n) is 3.72. The van der Waals surface area contributed by atoms with Crippen LogP contribution in [0.25, 0.3) is 0 Å². The van der Waals surface area contributed by atoms with Crippen molar-refractivity contribution in [3.8, 4) is 0 Å². The van der Waals surface area contributed by atoms with Gasteiger partial charge >= 0.3 is 0 Å². The van der Waals surface area contributed by atoms with Crippen LogP contribution in [-0.2, 0) is 18.0 Å². The van der Waals surface area contributed by atoms with Gasteiger partial charge in [0.2, 0.25) is 0 Å². The molecule has 0 unspecified atom stereocenters. The first kappa shape index (κ1) is 9.03. The first-order valence-corrected chi connectivity index (χ1v) is 3.72. The van der Waals surface area contributed by atoms with Gasteiger partial charge in [-0.2, -0.15) is 0 Å². The molecule has 12 heavy (non-hydrogen) atoms. The van der Waals surface area contributed by atoms with Crippen LogP contribution in [0, 0.1) is 0 Å². The Morgan fingerprint density at radius 3 is 3.08 bits per heavy atom. The molecule has 0 atom stereocenters. The molecule has 1 N–H and O–H groups in total. The fourth-order valence-electron chi connectivity index (χ4n) is 0.845. The summed E-state index contributed by atoms with van der Waals surface area (Å²) in [5.74, 6) is 0.562. The fourth-order valence-corrected chi connectivity index (χ4v) is 0.845. The summed E-state index contributed by atoms with van der Waals surface area (Å²) in [5.41, 5.74) is 0.931. The van der Waals surface area contributed by atoms with Gasteiger partial charge in [-0.25, -0.2) is 0 Å². The summed E-state index contributed by atoms with van der Waals surface area (Å²) in [6.07, 6.45) is 3.27. The van der Waals surface area contributed by atoms with Gasteiger partial charge in [-0.1, -0.05) is 6.08 Å². The van der Waals surface area contributed by atoms with Crippen LogP contribution in [-0.4, -0.2) is 11.7 Å². The Hall–Kier alpha value is -1.06. The van der Waals surface area contributed by atoms with E-state index in [0.717, 1.165) is 5.56 Å². The number of hydrogen-bond acceptors (Lipinski definition) is 3. The topological polar surface area (TPSA) is 42.6 Å². The van der Waals surface area contributed by atoms with Gasteiger partial charge in [-0.15, -0.1) is 6.58 Å². The largest absolute Gasteiger partial charge is 0.467 e. The smallest absolute Gasteiger partial charge is 0.129 e. The van der Waals surface area contributed by atoms with Crippen molar-refractivity contribution in [1.29, 1.82) is 0 Å². The Morgan fingerprint density at radius 2 is 2.50 bits per heavy atom. The zero-order chi connectivity index (χ0) is 8.81. The number of rotatable bonds is 5. The molecule has 0 amide bonds. The van der Waals surface area contributed by atoms with Crippen molar-refractivity contribution in [3.05, 3.63) is 36.3 Å². The highest BCUT2D eigenvalue weighted by Crippen LogP contribution is 2.08. The lowest BCUT2D eigenvalue weighted by molar-refractivity contribution is 0.148. The van der Waals surface area contributed by atoms with Crippen LogP contribution >= 0.6 is 0 Å². The van der Waals surface area contributed by atoms with E-state index in [9.17, 15) is 0 Å². The van der Waals surface area contributed by atoms with Crippen LogP contribution in [0.5, 0.6) is 0 Å². The van der Waals surface area contributed by atoms with Gasteiger partial charge in [-0.05, 0) is 6.07 Å². The molecule has 3 heteroatoms. The van der Waals surface area contributed by atoms with Crippen molar-refractivity contribution in [1.82, 2.24) is 0 Å². The second kappa shape index (κ2) is 4.74. The fraction of sp³-hybridized carbons (Fsp3) is 0.333. The van der Waals surface area contributed by atoms with Crippen molar-refractivity contribution in [3.63, 3.8) is 0 Å². The minimum absolute atomic E-state index is 0.0680. The summed E-state index contributed by atoms with van der Waals surface area (Å²) < 4.78 is 10.2. The van der Waals surface area contributed by atoms with Gasteiger partial charge < -0.3 is 14.3 Å². The molecule has 0 aliphatic rings. The predicted molar refractivity (Wildman–Crippen MR) is 44.5 cm³/mol. The normalized spacial score (nSPS) is 10.1. The van der Waals surface area contributed by atoms with Gasteiger partial charge in [0, 0.05) is 5.56 Å². The van der Waals surface area contributed by atoms with E-state index >= 15 is 0 Å². The van der Waals surface area contributed by atoms with Crippen molar-refractivity contribution in [2.24, 2.45) is 0 Å². The summed E-state index contributed by atoms with van der Waals surface area (Å²) in [5, 5.41) is 8.67. The van der Waals surface area contributed by atoms with E-state index < -0.39 is 0 Å². The van der Waals surface area contributed by atoms with Crippen molar-refractivity contribution in [2.75, 3.05) is 6.61 Å². The summed E-state index contributed by atoms with van der Waals surface area (Å²) in [6, 6.07) is 1.77. The van der Waals surface area contributed by atoms with Gasteiger partial charge in [0.15, 0.2) is 0 Å². The molecule has 0 aromatic carbocycles. The molecule has 1 aromatic rings. The number of furan rings is 1. The van der Waals surface area contributed by atoms with Crippen LogP contribution in [0.2, 0.25) is 0 Å². The van der Waals surface area contributed by atoms with Gasteiger partial charge in [-0.3, -0.25) is 0 Å². The molecule has 0 aliphatic carbocycles. The third-order valence-electron chi connectivity index (χ3n) is 1.37. The molecule has 0 saturated heterocycles. The minimum atomic E-state index is -0.0680. The van der Waals surface area contributed by atoms with Gasteiger partial charge in [0.25, 0.3) is 0 Å². The van der Waals surface area contributed by atoms with Gasteiger partial charge in [0.1, 0.15) is 12.4 Å². The Kier molecular flexibility index (Phi) is 3.57. The second-order valence-corrected chi connectivity index (χ2v) is 2.38. The van der Waals surface area contributed by atoms with Crippen LogP contribution in [0.1, 0.15) is 11.3 Å². The van der Waals surface area contributed by atoms with E-state index in [0.29, 0.717) is 19.0 Å². The van der Waals surface area contributed by atoms with E-state index in [1.54, 1.807) is 18.4 Å². The first-order chi connectivity index (χ1) is 5.86. The second-order valence-electron chi connectivity index (χ2n) is 2.38. The molecule has 0 radical (unpaired) electrons. The zero-order valence-electron chi connectivity index (χ0n) is 6.82. The SMILES string of the molecule is C=CCOCc1coc(CO)c1. The average molecular weight is 168 g/mol. The average Bonchev–Trinajstić information content (AvgIpc) is 2.53. The van der Waals surface area contributed by atoms with Crippen molar-refractivity contribution < 1.29 is 14.3 Å². The molecular formula is C9H12O3. The molecule has 0 saturated carbocycles. The maximum atomic E-state index is 8.67. The third-order valence-corrected chi connectivity index (χ3v) is 1.37. The summed E-state index contributed by atoms with van der Waals surface area (Å²) in [4.78, 5) is 0. The molecule has 3 nitrogen and oxygen atoms in total. The van der Waals surface area contributed by atoms with Crippen molar-refractivity contribution in [2.45, 2.75) is 13.2 Å². The molecular weight excluding hydrogens is 156 g/mol. The molecule has 0 spiro atoms. The Balaban J connectivity index is 2.36. The minimum Gasteiger partial charge on any atom is -0.467 e. The van der Waals surface area contributed by atoms with E-state index in [1.165, 1.54) is 0 Å². The number of hydrogen-bond donors (Lipinski definition) is 1. The molecule has 1 aromatic heterocycles. The van der Waals surface area contributed by atoms with E-state index in [-0.39, 0.29) is 6.61 Å². The van der Waals surface area contributed by atoms with E-state index in [1.807, 2.05) is 0 Å². The lowest BCUT2D eigenvalue weighted by Gasteiger charge is -1.95. The highest BCUT2D eigenvalue weighted by atomic mass is 16.5. The van der Waals surface area contributed by atoms with Crippen LogP contribution < -0.4 is 0 Å². The summed E-state index contributed by atoms with van der Waals surface area (Å²) in [6.45, 7) is 4.48. The van der Waals surface area contributed by atoms with Gasteiger partial charge in [0.05, 0.1) is 19.5 Å². The monoisotopic (exact) mass is 168 g/mol. The quantitative estimate of drug-likeness (QED) is 0.534. The lowest BCUT2D eigenvalue weighted by atomic mass is 10.3. The molecule has 66 valence electrons. The maximum Gasteiger partial charge on any atom is 0.129 e. The molecule has 1 rings (SSSR count). The summed E-state index contributed by atoms with van der Waals surface area (Å²) in [7, 11) is 0. The molecule has 0 bridgehead atoms. The summed E-state index contributed by atoms with van der Waals surface area (Å²) >= 11 is 0. The van der Waals surface area contributed by atoms with E-state index in [2.05, 4.69) is 6.58 Å². The highest BCUT2D eigenvalue weighted by molar-refractivity contribution is 5.10. The zero-order valence-corrected chi connectivity index (χ0v) is 6.82. The van der Waals surface area contributed by atoms with Crippen LogP contribution in [0.15, 0.2) is 29.4 Å². The molecule has 0 fully saturated rings. The standard InChI is InChI=1S/C9H12O3/c1-2-3-11-6-8-4-9(5-10)12-7-8/h2,4,7,10H,1,3,5-6H2. The highest BCUT2D eigenvalue weighted by Gasteiger charge is 1.99. The number of aliphatic hydroxyl groups is 1. The van der Waals surface area contributed by atoms with Crippen LogP contribution in [0.3, 0.4) is 0 Å². The number of ether oxygens (including phenoxy) is 1. The predicted octanol–water partition coefficient (Wildman–Crippen LogP) is 1.47. The lowest BCUT2D eigenvalue weighted by Crippen LogP contribution is -1.89. The Morgan fingerprint density at radius 1 is 1.67 bits per heavy atom. The van der Waals surface area contributed by atoms with Crippen LogP contribution in [0.4, 0.5) is 0 Å². The Bertz CT molecular complexity index is 240. The molecule has 1 heterocycles. The van der Waals surface area contributed by atoms with Crippen molar-refractivity contribution >= 4 is 0 Å². The Labute approximate surface area is 71.3 Å². The molecule has 0 aliphatic heterocycles. The maximum absolute atomic E-state index is 8.67. The van der Waals surface area contributed by atoms with E-state index in [4.69, 9.17) is 14.3 Å².